The molecule has 2 heteroatoms. The Morgan fingerprint density at radius 1 is 0.714 bits per heavy atom. The maximum Gasteiger partial charge on any atom is 0.148 e. The van der Waals surface area contributed by atoms with Crippen LogP contribution < -0.4 is 0 Å². The fourth-order valence-electron chi connectivity index (χ4n) is 2.33. The van der Waals surface area contributed by atoms with Crippen LogP contribution in [-0.4, -0.2) is 0 Å². The SMILES string of the molecule is N#Cc1cc(-c2ccccc2)cc(-c2ccccc2)c1F. The summed E-state index contributed by atoms with van der Waals surface area (Å²) < 4.78 is 14.4. The molecule has 3 aromatic carbocycles. The molecular formula is C19H12FN. The summed E-state index contributed by atoms with van der Waals surface area (Å²) in [5.41, 5.74) is 3.09. The zero-order valence-electron chi connectivity index (χ0n) is 11.3. The van der Waals surface area contributed by atoms with Gasteiger partial charge in [-0.05, 0) is 28.8 Å². The Kier molecular flexibility index (Phi) is 3.49. The monoisotopic (exact) mass is 273 g/mol. The Labute approximate surface area is 122 Å². The molecule has 3 rings (SSSR count). The van der Waals surface area contributed by atoms with Gasteiger partial charge >= 0.3 is 0 Å². The van der Waals surface area contributed by atoms with Crippen LogP contribution in [0.2, 0.25) is 0 Å². The van der Waals surface area contributed by atoms with E-state index in [0.29, 0.717) is 5.56 Å². The van der Waals surface area contributed by atoms with E-state index in [1.165, 1.54) is 0 Å². The molecule has 0 amide bonds. The van der Waals surface area contributed by atoms with Crippen molar-refractivity contribution in [2.45, 2.75) is 0 Å². The van der Waals surface area contributed by atoms with E-state index in [0.717, 1.165) is 16.7 Å². The number of hydrogen-bond acceptors (Lipinski definition) is 1. The highest BCUT2D eigenvalue weighted by atomic mass is 19.1. The molecule has 21 heavy (non-hydrogen) atoms. The molecule has 1 nitrogen and oxygen atoms in total. The molecule has 0 aliphatic heterocycles. The van der Waals surface area contributed by atoms with Crippen LogP contribution in [0.5, 0.6) is 0 Å². The van der Waals surface area contributed by atoms with Crippen molar-refractivity contribution < 1.29 is 4.39 Å². The van der Waals surface area contributed by atoms with Gasteiger partial charge in [0.25, 0.3) is 0 Å². The molecule has 0 saturated carbocycles. The summed E-state index contributed by atoms with van der Waals surface area (Å²) >= 11 is 0. The summed E-state index contributed by atoms with van der Waals surface area (Å²) in [5.74, 6) is -0.469. The maximum absolute atomic E-state index is 14.4. The van der Waals surface area contributed by atoms with Gasteiger partial charge in [0.1, 0.15) is 11.9 Å². The van der Waals surface area contributed by atoms with Gasteiger partial charge in [-0.3, -0.25) is 0 Å². The molecule has 100 valence electrons. The lowest BCUT2D eigenvalue weighted by Gasteiger charge is -2.09. The molecule has 3 aromatic rings. The highest BCUT2D eigenvalue weighted by molar-refractivity contribution is 5.75. The van der Waals surface area contributed by atoms with E-state index in [9.17, 15) is 9.65 Å². The van der Waals surface area contributed by atoms with E-state index >= 15 is 0 Å². The average molecular weight is 273 g/mol. The second-order valence-electron chi connectivity index (χ2n) is 4.73. The molecular weight excluding hydrogens is 261 g/mol. The van der Waals surface area contributed by atoms with E-state index in [2.05, 4.69) is 0 Å². The lowest BCUT2D eigenvalue weighted by atomic mass is 9.96. The minimum absolute atomic E-state index is 0.0650. The van der Waals surface area contributed by atoms with E-state index in [-0.39, 0.29) is 5.56 Å². The van der Waals surface area contributed by atoms with Crippen molar-refractivity contribution in [1.82, 2.24) is 0 Å². The second kappa shape index (κ2) is 5.60. The number of halogens is 1. The van der Waals surface area contributed by atoms with Gasteiger partial charge in [-0.2, -0.15) is 5.26 Å². The van der Waals surface area contributed by atoms with Crippen molar-refractivity contribution in [3.63, 3.8) is 0 Å². The van der Waals surface area contributed by atoms with Crippen molar-refractivity contribution in [2.24, 2.45) is 0 Å². The van der Waals surface area contributed by atoms with Gasteiger partial charge in [0.2, 0.25) is 0 Å². The number of benzene rings is 3. The zero-order chi connectivity index (χ0) is 14.7. The van der Waals surface area contributed by atoms with Crippen molar-refractivity contribution in [2.75, 3.05) is 0 Å². The normalized spacial score (nSPS) is 10.1. The van der Waals surface area contributed by atoms with Crippen LogP contribution in [0, 0.1) is 17.1 Å². The first-order chi connectivity index (χ1) is 10.3. The standard InChI is InChI=1S/C19H12FN/c20-19-17(13-21)11-16(14-7-3-1-4-8-14)12-18(19)15-9-5-2-6-10-15/h1-12H. The number of rotatable bonds is 2. The summed E-state index contributed by atoms with van der Waals surface area (Å²) in [7, 11) is 0. The highest BCUT2D eigenvalue weighted by Crippen LogP contribution is 2.31. The second-order valence-corrected chi connectivity index (χ2v) is 4.73. The molecule has 0 aliphatic carbocycles. The first-order valence-electron chi connectivity index (χ1n) is 6.64. The predicted molar refractivity (Wildman–Crippen MR) is 82.0 cm³/mol. The Bertz CT molecular complexity index is 802. The van der Waals surface area contributed by atoms with Gasteiger partial charge in [-0.25, -0.2) is 4.39 Å². The fourth-order valence-corrected chi connectivity index (χ4v) is 2.33. The maximum atomic E-state index is 14.4. The molecule has 0 heterocycles. The van der Waals surface area contributed by atoms with Crippen LogP contribution in [0.15, 0.2) is 72.8 Å². The van der Waals surface area contributed by atoms with Crippen molar-refractivity contribution >= 4 is 0 Å². The number of nitriles is 1. The fraction of sp³-hybridized carbons (Fsp3) is 0. The number of hydrogen-bond donors (Lipinski definition) is 0. The third-order valence-electron chi connectivity index (χ3n) is 3.38. The molecule has 0 aliphatic rings. The van der Waals surface area contributed by atoms with Crippen molar-refractivity contribution in [1.29, 1.82) is 5.26 Å². The minimum atomic E-state index is -0.469. The third-order valence-corrected chi connectivity index (χ3v) is 3.38. The van der Waals surface area contributed by atoms with Crippen LogP contribution in [-0.2, 0) is 0 Å². The van der Waals surface area contributed by atoms with Gasteiger partial charge in [-0.1, -0.05) is 60.7 Å². The number of nitrogens with zero attached hydrogens (tertiary/aromatic N) is 1. The first-order valence-corrected chi connectivity index (χ1v) is 6.64. The van der Waals surface area contributed by atoms with Gasteiger partial charge in [0.15, 0.2) is 0 Å². The third kappa shape index (κ3) is 2.54. The van der Waals surface area contributed by atoms with Gasteiger partial charge in [0.05, 0.1) is 5.56 Å². The molecule has 0 spiro atoms. The summed E-state index contributed by atoms with van der Waals surface area (Å²) in [5, 5.41) is 9.17. The van der Waals surface area contributed by atoms with Crippen LogP contribution in [0.1, 0.15) is 5.56 Å². The Hall–Kier alpha value is -2.92. The van der Waals surface area contributed by atoms with Gasteiger partial charge in [0, 0.05) is 5.56 Å². The molecule has 0 atom stereocenters. The van der Waals surface area contributed by atoms with Crippen LogP contribution in [0.25, 0.3) is 22.3 Å². The van der Waals surface area contributed by atoms with E-state index < -0.39 is 5.82 Å². The zero-order valence-corrected chi connectivity index (χ0v) is 11.3. The topological polar surface area (TPSA) is 23.8 Å². The quantitative estimate of drug-likeness (QED) is 0.642. The summed E-state index contributed by atoms with van der Waals surface area (Å²) in [6, 6.07) is 24.3. The van der Waals surface area contributed by atoms with Crippen LogP contribution in [0.4, 0.5) is 4.39 Å². The Morgan fingerprint density at radius 2 is 1.29 bits per heavy atom. The molecule has 0 radical (unpaired) electrons. The molecule has 0 saturated heterocycles. The predicted octanol–water partition coefficient (Wildman–Crippen LogP) is 5.03. The molecule has 0 aromatic heterocycles. The Balaban J connectivity index is 2.24. The summed E-state index contributed by atoms with van der Waals surface area (Å²) in [6.07, 6.45) is 0. The molecule has 0 bridgehead atoms. The first kappa shape index (κ1) is 13.1. The summed E-state index contributed by atoms with van der Waals surface area (Å²) in [4.78, 5) is 0. The highest BCUT2D eigenvalue weighted by Gasteiger charge is 2.13. The minimum Gasteiger partial charge on any atom is -0.205 e. The summed E-state index contributed by atoms with van der Waals surface area (Å²) in [6.45, 7) is 0. The van der Waals surface area contributed by atoms with Crippen LogP contribution in [0.3, 0.4) is 0 Å². The lowest BCUT2D eigenvalue weighted by molar-refractivity contribution is 0.627. The molecule has 0 unspecified atom stereocenters. The smallest absolute Gasteiger partial charge is 0.148 e. The van der Waals surface area contributed by atoms with Crippen molar-refractivity contribution in [3.8, 4) is 28.3 Å². The largest absolute Gasteiger partial charge is 0.205 e. The van der Waals surface area contributed by atoms with Gasteiger partial charge < -0.3 is 0 Å². The lowest BCUT2D eigenvalue weighted by Crippen LogP contribution is -1.92. The molecule has 0 N–H and O–H groups in total. The average Bonchev–Trinajstić information content (AvgIpc) is 2.56. The van der Waals surface area contributed by atoms with Crippen LogP contribution >= 0.6 is 0 Å². The van der Waals surface area contributed by atoms with E-state index in [1.54, 1.807) is 12.1 Å². The van der Waals surface area contributed by atoms with Crippen molar-refractivity contribution in [3.05, 3.63) is 84.2 Å². The van der Waals surface area contributed by atoms with Gasteiger partial charge in [-0.15, -0.1) is 0 Å². The van der Waals surface area contributed by atoms with E-state index in [1.807, 2.05) is 66.7 Å². The van der Waals surface area contributed by atoms with E-state index in [4.69, 9.17) is 0 Å². The molecule has 0 fully saturated rings. The Morgan fingerprint density at radius 3 is 1.86 bits per heavy atom.